The topological polar surface area (TPSA) is 154 Å². The van der Waals surface area contributed by atoms with E-state index < -0.39 is 27.5 Å². The average Bonchev–Trinajstić information content (AvgIpc) is 2.99. The predicted molar refractivity (Wildman–Crippen MR) is 161 cm³/mol. The molecule has 0 bridgehead atoms. The number of aromatic hydroxyl groups is 2. The third kappa shape index (κ3) is 6.89. The molecule has 0 aliphatic rings. The molecule has 0 unspecified atom stereocenters. The first-order valence-corrected chi connectivity index (χ1v) is 17.3. The summed E-state index contributed by atoms with van der Waals surface area (Å²) in [5.41, 5.74) is 0.921. The lowest BCUT2D eigenvalue weighted by atomic mass is 10.2. The first kappa shape index (κ1) is 30.7. The predicted octanol–water partition coefficient (Wildman–Crippen LogP) is 6.72. The molecule has 0 radical (unpaired) electrons. The standard InChI is InChI=1S/C31H25O10PS2/c1-22-2-8-25(9-3-22)39-42(34,40-26-10-18-30(19-11-26)43(35,36)28-14-4-23(32)5-15-28)41-27-12-20-31(21-13-27)44(37,38)29-16-6-24(33)7-17-29/h2-21,32-33H,1H3. The zero-order valence-corrected chi connectivity index (χ0v) is 25.5. The number of phenolic OH excluding ortho intramolecular Hbond substituents is 2. The van der Waals surface area contributed by atoms with Gasteiger partial charge in [0.1, 0.15) is 28.7 Å². The highest BCUT2D eigenvalue weighted by Crippen LogP contribution is 2.50. The van der Waals surface area contributed by atoms with Crippen LogP contribution in [0.25, 0.3) is 0 Å². The van der Waals surface area contributed by atoms with Gasteiger partial charge in [0.15, 0.2) is 0 Å². The molecule has 5 aromatic carbocycles. The molecular formula is C31H25O10PS2. The summed E-state index contributed by atoms with van der Waals surface area (Å²) in [5, 5.41) is 18.9. The molecule has 10 nitrogen and oxygen atoms in total. The Hall–Kier alpha value is -4.77. The van der Waals surface area contributed by atoms with Gasteiger partial charge in [-0.2, -0.15) is 4.57 Å². The van der Waals surface area contributed by atoms with Crippen LogP contribution in [-0.4, -0.2) is 27.0 Å². The van der Waals surface area contributed by atoms with Crippen LogP contribution in [0.2, 0.25) is 0 Å². The van der Waals surface area contributed by atoms with Crippen molar-refractivity contribution < 1.29 is 45.2 Å². The van der Waals surface area contributed by atoms with E-state index in [1.165, 1.54) is 97.1 Å². The fraction of sp³-hybridized carbons (Fsp3) is 0.0323. The monoisotopic (exact) mass is 652 g/mol. The highest BCUT2D eigenvalue weighted by Gasteiger charge is 2.34. The average molecular weight is 653 g/mol. The summed E-state index contributed by atoms with van der Waals surface area (Å²) in [6.07, 6.45) is 0. The molecule has 0 saturated carbocycles. The molecule has 5 aromatic rings. The van der Waals surface area contributed by atoms with Gasteiger partial charge in [-0.3, -0.25) is 0 Å². The van der Waals surface area contributed by atoms with Crippen molar-refractivity contribution in [1.82, 2.24) is 0 Å². The molecule has 0 aliphatic carbocycles. The van der Waals surface area contributed by atoms with E-state index in [0.717, 1.165) is 5.56 Å². The van der Waals surface area contributed by atoms with Gasteiger partial charge in [0, 0.05) is 0 Å². The largest absolute Gasteiger partial charge is 0.647 e. The maximum Gasteiger partial charge on any atom is 0.647 e. The lowest BCUT2D eigenvalue weighted by Crippen LogP contribution is -2.08. The van der Waals surface area contributed by atoms with Gasteiger partial charge in [-0.15, -0.1) is 0 Å². The summed E-state index contributed by atoms with van der Waals surface area (Å²) in [6, 6.07) is 26.9. The Morgan fingerprint density at radius 1 is 0.455 bits per heavy atom. The third-order valence-corrected chi connectivity index (χ3v) is 11.1. The number of benzene rings is 5. The van der Waals surface area contributed by atoms with Gasteiger partial charge >= 0.3 is 7.82 Å². The molecule has 0 aliphatic heterocycles. The minimum atomic E-state index is -4.49. The fourth-order valence-electron chi connectivity index (χ4n) is 3.92. The van der Waals surface area contributed by atoms with E-state index in [4.69, 9.17) is 13.6 Å². The lowest BCUT2D eigenvalue weighted by Gasteiger charge is -2.20. The number of hydrogen-bond acceptors (Lipinski definition) is 10. The summed E-state index contributed by atoms with van der Waals surface area (Å²) < 4.78 is 82.8. The van der Waals surface area contributed by atoms with Crippen LogP contribution in [0.3, 0.4) is 0 Å². The van der Waals surface area contributed by atoms with Crippen LogP contribution < -0.4 is 13.6 Å². The number of hydrogen-bond donors (Lipinski definition) is 2. The van der Waals surface area contributed by atoms with Crippen molar-refractivity contribution in [3.05, 3.63) is 127 Å². The minimum absolute atomic E-state index is 0.0309. The Balaban J connectivity index is 1.41. The maximum absolute atomic E-state index is 13.9. The first-order valence-electron chi connectivity index (χ1n) is 12.9. The van der Waals surface area contributed by atoms with Gasteiger partial charge < -0.3 is 23.8 Å². The van der Waals surface area contributed by atoms with Gasteiger partial charge in [-0.05, 0) is 116 Å². The number of sulfone groups is 2. The van der Waals surface area contributed by atoms with E-state index in [1.54, 1.807) is 24.3 Å². The number of phosphoric ester groups is 1. The van der Waals surface area contributed by atoms with Crippen molar-refractivity contribution >= 4 is 27.5 Å². The van der Waals surface area contributed by atoms with Crippen LogP contribution in [0.4, 0.5) is 0 Å². The van der Waals surface area contributed by atoms with E-state index in [-0.39, 0.29) is 48.3 Å². The number of rotatable bonds is 10. The molecule has 0 fully saturated rings. The molecule has 0 saturated heterocycles. The Morgan fingerprint density at radius 2 is 0.705 bits per heavy atom. The maximum atomic E-state index is 13.9. The van der Waals surface area contributed by atoms with Crippen molar-refractivity contribution in [2.45, 2.75) is 26.5 Å². The minimum Gasteiger partial charge on any atom is -0.508 e. The van der Waals surface area contributed by atoms with E-state index in [1.807, 2.05) is 6.92 Å². The zero-order valence-electron chi connectivity index (χ0n) is 23.0. The zero-order chi connectivity index (χ0) is 31.5. The fourth-order valence-corrected chi connectivity index (χ4v) is 7.70. The lowest BCUT2D eigenvalue weighted by molar-refractivity contribution is 0.298. The molecule has 226 valence electrons. The number of phenols is 2. The molecule has 2 N–H and O–H groups in total. The van der Waals surface area contributed by atoms with Crippen LogP contribution in [-0.2, 0) is 24.2 Å². The molecular weight excluding hydrogens is 627 g/mol. The summed E-state index contributed by atoms with van der Waals surface area (Å²) in [7, 11) is -12.3. The summed E-state index contributed by atoms with van der Waals surface area (Å²) in [5.74, 6) is -0.0542. The van der Waals surface area contributed by atoms with Gasteiger partial charge in [-0.1, -0.05) is 17.7 Å². The first-order chi connectivity index (χ1) is 20.8. The molecule has 5 rings (SSSR count). The van der Waals surface area contributed by atoms with Crippen molar-refractivity contribution in [2.75, 3.05) is 0 Å². The molecule has 0 amide bonds. The molecule has 0 atom stereocenters. The van der Waals surface area contributed by atoms with Crippen molar-refractivity contribution in [1.29, 1.82) is 0 Å². The van der Waals surface area contributed by atoms with Crippen LogP contribution in [0.1, 0.15) is 5.56 Å². The third-order valence-electron chi connectivity index (χ3n) is 6.23. The van der Waals surface area contributed by atoms with Crippen LogP contribution in [0, 0.1) is 6.92 Å². The highest BCUT2D eigenvalue weighted by molar-refractivity contribution is 7.91. The molecule has 0 spiro atoms. The van der Waals surface area contributed by atoms with Crippen molar-refractivity contribution in [2.24, 2.45) is 0 Å². The molecule has 13 heteroatoms. The smallest absolute Gasteiger partial charge is 0.508 e. The number of aryl methyl sites for hydroxylation is 1. The molecule has 0 heterocycles. The van der Waals surface area contributed by atoms with Crippen LogP contribution in [0.15, 0.2) is 141 Å². The van der Waals surface area contributed by atoms with E-state index in [2.05, 4.69) is 0 Å². The van der Waals surface area contributed by atoms with E-state index in [9.17, 15) is 31.6 Å². The second-order valence-corrected chi connectivity index (χ2v) is 14.8. The van der Waals surface area contributed by atoms with Gasteiger partial charge in [0.2, 0.25) is 19.7 Å². The van der Waals surface area contributed by atoms with Crippen LogP contribution in [0.5, 0.6) is 28.7 Å². The van der Waals surface area contributed by atoms with Crippen molar-refractivity contribution in [3.63, 3.8) is 0 Å². The van der Waals surface area contributed by atoms with Gasteiger partial charge in [0.05, 0.1) is 19.6 Å². The second-order valence-electron chi connectivity index (χ2n) is 9.47. The Labute approximate surface area is 254 Å². The summed E-state index contributed by atoms with van der Waals surface area (Å²) >= 11 is 0. The van der Waals surface area contributed by atoms with Crippen LogP contribution >= 0.6 is 7.82 Å². The quantitative estimate of drug-likeness (QED) is 0.156. The summed E-state index contributed by atoms with van der Waals surface area (Å²) in [6.45, 7) is 1.86. The molecule has 44 heavy (non-hydrogen) atoms. The SMILES string of the molecule is Cc1ccc(OP(=O)(Oc2ccc(S(=O)(=O)c3ccc(O)cc3)cc2)Oc2ccc(S(=O)(=O)c3ccc(O)cc3)cc2)cc1. The highest BCUT2D eigenvalue weighted by atomic mass is 32.2. The van der Waals surface area contributed by atoms with E-state index in [0.29, 0.717) is 0 Å². The summed E-state index contributed by atoms with van der Waals surface area (Å²) in [4.78, 5) is -0.208. The van der Waals surface area contributed by atoms with Gasteiger partial charge in [-0.25, -0.2) is 16.8 Å². The van der Waals surface area contributed by atoms with E-state index >= 15 is 0 Å². The Kier molecular flexibility index (Phi) is 8.42. The number of phosphoric acid groups is 1. The second kappa shape index (κ2) is 12.1. The van der Waals surface area contributed by atoms with Crippen molar-refractivity contribution in [3.8, 4) is 28.7 Å². The Bertz CT molecular complexity index is 1900. The molecule has 0 aromatic heterocycles. The normalized spacial score (nSPS) is 11.9. The van der Waals surface area contributed by atoms with Gasteiger partial charge in [0.25, 0.3) is 0 Å². The Morgan fingerprint density at radius 3 is 1.00 bits per heavy atom.